The zero-order chi connectivity index (χ0) is 31.3. The van der Waals surface area contributed by atoms with Gasteiger partial charge in [-0.05, 0) is 54.2 Å². The third-order valence-corrected chi connectivity index (χ3v) is 8.63. The molecular weight excluding hydrogens is 550 g/mol. The first-order valence-corrected chi connectivity index (χ1v) is 15.5. The second kappa shape index (κ2) is 13.5. The topological polar surface area (TPSA) is 118 Å². The number of nitrogens with zero attached hydrogens (tertiary/aromatic N) is 4. The molecule has 2 heterocycles. The number of carbonyl (C=O) groups is 2. The molecule has 0 spiro atoms. The third-order valence-electron chi connectivity index (χ3n) is 8.63. The van der Waals surface area contributed by atoms with Crippen molar-refractivity contribution < 1.29 is 14.7 Å². The first-order chi connectivity index (χ1) is 21.1. The van der Waals surface area contributed by atoms with E-state index in [4.69, 9.17) is 0 Å². The predicted molar refractivity (Wildman–Crippen MR) is 171 cm³/mol. The van der Waals surface area contributed by atoms with Gasteiger partial charge in [0.15, 0.2) is 5.82 Å². The lowest BCUT2D eigenvalue weighted by molar-refractivity contribution is -0.139. The van der Waals surface area contributed by atoms with E-state index in [9.17, 15) is 14.7 Å². The van der Waals surface area contributed by atoms with Gasteiger partial charge in [0, 0.05) is 47.8 Å². The van der Waals surface area contributed by atoms with Crippen LogP contribution in [0, 0.1) is 5.92 Å². The first kappa shape index (κ1) is 31.0. The Hall–Kier alpha value is -4.46. The maximum Gasteiger partial charge on any atom is 0.326 e. The number of carbonyl (C=O) groups excluding carboxylic acids is 1. The number of aliphatic carboxylic acids is 1. The van der Waals surface area contributed by atoms with Crippen molar-refractivity contribution in [2.24, 2.45) is 5.92 Å². The molecule has 1 fully saturated rings. The zero-order valence-electron chi connectivity index (χ0n) is 26.0. The van der Waals surface area contributed by atoms with Crippen molar-refractivity contribution in [2.75, 3.05) is 0 Å². The highest BCUT2D eigenvalue weighted by molar-refractivity contribution is 5.96. The van der Waals surface area contributed by atoms with Crippen LogP contribution in [0.15, 0.2) is 73.3 Å². The highest BCUT2D eigenvalue weighted by Crippen LogP contribution is 2.37. The summed E-state index contributed by atoms with van der Waals surface area (Å²) in [4.78, 5) is 42.4. The van der Waals surface area contributed by atoms with Crippen molar-refractivity contribution in [1.29, 1.82) is 0 Å². The van der Waals surface area contributed by atoms with Crippen molar-refractivity contribution in [2.45, 2.75) is 83.6 Å². The number of rotatable bonds is 9. The fourth-order valence-corrected chi connectivity index (χ4v) is 5.78. The maximum atomic E-state index is 12.7. The minimum atomic E-state index is -1.12. The van der Waals surface area contributed by atoms with Crippen LogP contribution in [0.5, 0.6) is 0 Å². The Labute approximate surface area is 259 Å². The summed E-state index contributed by atoms with van der Waals surface area (Å²) < 4.78 is 0. The van der Waals surface area contributed by atoms with Gasteiger partial charge in [-0.2, -0.15) is 0 Å². The number of carboxylic acid groups (broad SMARTS) is 1. The first-order valence-electron chi connectivity index (χ1n) is 15.5. The number of hydrogen-bond donors (Lipinski definition) is 2. The Kier molecular flexibility index (Phi) is 9.47. The Morgan fingerprint density at radius 2 is 1.41 bits per heavy atom. The van der Waals surface area contributed by atoms with E-state index in [1.165, 1.54) is 50.1 Å². The van der Waals surface area contributed by atoms with E-state index >= 15 is 0 Å². The molecule has 8 nitrogen and oxygen atoms in total. The normalized spacial score (nSPS) is 17.5. The molecule has 5 rings (SSSR count). The summed E-state index contributed by atoms with van der Waals surface area (Å²) in [5, 5.41) is 12.4. The molecule has 4 aromatic rings. The SMILES string of the molecule is CCC1CCC(c2ccc(-c3cnc(-c4ccc(C[C@H](NC(=O)c5cnc(C(C)(C)C)nc5)C(=O)O)cc4)nc3)cc2)CC1. The van der Waals surface area contributed by atoms with Crippen molar-refractivity contribution in [3.8, 4) is 22.5 Å². The van der Waals surface area contributed by atoms with E-state index in [0.29, 0.717) is 17.6 Å². The van der Waals surface area contributed by atoms with Gasteiger partial charge >= 0.3 is 5.97 Å². The second-order valence-electron chi connectivity index (χ2n) is 12.9. The van der Waals surface area contributed by atoms with Gasteiger partial charge < -0.3 is 10.4 Å². The van der Waals surface area contributed by atoms with Crippen molar-refractivity contribution >= 4 is 11.9 Å². The minimum absolute atomic E-state index is 0.123. The van der Waals surface area contributed by atoms with Crippen molar-refractivity contribution in [3.63, 3.8) is 0 Å². The predicted octanol–water partition coefficient (Wildman–Crippen LogP) is 7.01. The minimum Gasteiger partial charge on any atom is -0.480 e. The van der Waals surface area contributed by atoms with Crippen molar-refractivity contribution in [3.05, 3.63) is 95.8 Å². The number of carboxylic acids is 1. The van der Waals surface area contributed by atoms with Crippen LogP contribution in [0.1, 0.15) is 93.0 Å². The largest absolute Gasteiger partial charge is 0.480 e. The van der Waals surface area contributed by atoms with Gasteiger partial charge in [-0.1, -0.05) is 82.6 Å². The van der Waals surface area contributed by atoms with Crippen LogP contribution in [-0.2, 0) is 16.6 Å². The van der Waals surface area contributed by atoms with E-state index in [-0.39, 0.29) is 17.4 Å². The summed E-state index contributed by atoms with van der Waals surface area (Å²) in [6, 6.07) is 15.1. The Balaban J connectivity index is 1.19. The fraction of sp³-hybridized carbons (Fsp3) is 0.389. The second-order valence-corrected chi connectivity index (χ2v) is 12.9. The summed E-state index contributed by atoms with van der Waals surface area (Å²) in [6.45, 7) is 8.24. The third kappa shape index (κ3) is 7.54. The standard InChI is InChI=1S/C36H41N5O3/c1-5-23-6-10-25(11-7-23)26-14-16-27(17-15-26)29-19-37-32(38-20-29)28-12-8-24(9-13-28)18-31(34(43)44)41-33(42)30-21-39-35(40-22-30)36(2,3)4/h8-9,12-17,19-23,25,31H,5-7,10-11,18H2,1-4H3,(H,41,42)(H,43,44)/t23?,25?,31-/m0/s1. The van der Waals surface area contributed by atoms with Gasteiger partial charge in [-0.25, -0.2) is 24.7 Å². The molecule has 1 aliphatic rings. The molecule has 0 unspecified atom stereocenters. The molecular formula is C36H41N5O3. The Bertz CT molecular complexity index is 1550. The van der Waals surface area contributed by atoms with Crippen LogP contribution in [-0.4, -0.2) is 43.0 Å². The summed E-state index contributed by atoms with van der Waals surface area (Å²) in [7, 11) is 0. The molecule has 0 saturated heterocycles. The van der Waals surface area contributed by atoms with Crippen LogP contribution in [0.3, 0.4) is 0 Å². The van der Waals surface area contributed by atoms with Gasteiger partial charge in [0.25, 0.3) is 5.91 Å². The average Bonchev–Trinajstić information content (AvgIpc) is 3.04. The van der Waals surface area contributed by atoms with Crippen LogP contribution < -0.4 is 5.32 Å². The van der Waals surface area contributed by atoms with Crippen LogP contribution in [0.2, 0.25) is 0 Å². The van der Waals surface area contributed by atoms with Crippen LogP contribution in [0.25, 0.3) is 22.5 Å². The van der Waals surface area contributed by atoms with E-state index in [2.05, 4.69) is 56.4 Å². The molecule has 1 atom stereocenters. The molecule has 0 bridgehead atoms. The van der Waals surface area contributed by atoms with Crippen LogP contribution >= 0.6 is 0 Å². The summed E-state index contributed by atoms with van der Waals surface area (Å²) in [6.07, 6.45) is 13.2. The molecule has 228 valence electrons. The molecule has 2 aromatic carbocycles. The Morgan fingerprint density at radius 3 is 1.95 bits per heavy atom. The van der Waals surface area contributed by atoms with Crippen molar-refractivity contribution in [1.82, 2.24) is 25.3 Å². The lowest BCUT2D eigenvalue weighted by atomic mass is 9.78. The summed E-state index contributed by atoms with van der Waals surface area (Å²) in [5.74, 6) is 1.10. The van der Waals surface area contributed by atoms with E-state index in [1.54, 1.807) is 0 Å². The van der Waals surface area contributed by atoms with Crippen LogP contribution in [0.4, 0.5) is 0 Å². The molecule has 2 aromatic heterocycles. The molecule has 1 amide bonds. The van der Waals surface area contributed by atoms with Gasteiger partial charge in [0.2, 0.25) is 0 Å². The molecule has 8 heteroatoms. The monoisotopic (exact) mass is 591 g/mol. The Morgan fingerprint density at radius 1 is 0.818 bits per heavy atom. The van der Waals surface area contributed by atoms with Gasteiger partial charge in [-0.3, -0.25) is 4.79 Å². The molecule has 0 radical (unpaired) electrons. The number of amides is 1. The lowest BCUT2D eigenvalue weighted by Gasteiger charge is -2.28. The number of nitrogens with one attached hydrogen (secondary N) is 1. The maximum absolute atomic E-state index is 12.7. The van der Waals surface area contributed by atoms with Gasteiger partial charge in [0.05, 0.1) is 5.56 Å². The fourth-order valence-electron chi connectivity index (χ4n) is 5.78. The zero-order valence-corrected chi connectivity index (χ0v) is 26.0. The van der Waals surface area contributed by atoms with Gasteiger partial charge in [-0.15, -0.1) is 0 Å². The van der Waals surface area contributed by atoms with E-state index in [1.807, 2.05) is 57.4 Å². The lowest BCUT2D eigenvalue weighted by Crippen LogP contribution is -2.42. The molecule has 44 heavy (non-hydrogen) atoms. The molecule has 2 N–H and O–H groups in total. The smallest absolute Gasteiger partial charge is 0.326 e. The summed E-state index contributed by atoms with van der Waals surface area (Å²) in [5.41, 5.74) is 5.03. The quantitative estimate of drug-likeness (QED) is 0.215. The average molecular weight is 592 g/mol. The highest BCUT2D eigenvalue weighted by atomic mass is 16.4. The molecule has 0 aliphatic heterocycles. The van der Waals surface area contributed by atoms with E-state index < -0.39 is 17.9 Å². The number of hydrogen-bond acceptors (Lipinski definition) is 6. The number of aromatic nitrogens is 4. The molecule has 1 saturated carbocycles. The van der Waals surface area contributed by atoms with Gasteiger partial charge in [0.1, 0.15) is 11.9 Å². The summed E-state index contributed by atoms with van der Waals surface area (Å²) >= 11 is 0. The van der Waals surface area contributed by atoms with E-state index in [0.717, 1.165) is 28.2 Å². The highest BCUT2D eigenvalue weighted by Gasteiger charge is 2.24. The molecule has 1 aliphatic carbocycles. The number of benzene rings is 2.